The topological polar surface area (TPSA) is 15.3 Å². The molecule has 3 aliphatic rings. The molecule has 3 fully saturated rings. The Hall–Kier alpha value is -0.0800. The molecule has 1 saturated heterocycles. The minimum Gasteiger partial charge on any atom is -0.310 e. The van der Waals surface area contributed by atoms with E-state index in [0.29, 0.717) is 6.04 Å². The quantitative estimate of drug-likeness (QED) is 0.767. The molecule has 1 aliphatic heterocycles. The fraction of sp³-hybridized carbons (Fsp3) is 1.00. The van der Waals surface area contributed by atoms with Crippen LogP contribution in [0.2, 0.25) is 0 Å². The van der Waals surface area contributed by atoms with E-state index in [0.717, 1.165) is 23.9 Å². The van der Waals surface area contributed by atoms with Gasteiger partial charge in [-0.05, 0) is 43.9 Å². The monoisotopic (exact) mass is 222 g/mol. The molecule has 0 aromatic heterocycles. The Labute approximate surface area is 99.8 Å². The van der Waals surface area contributed by atoms with Crippen molar-refractivity contribution in [3.05, 3.63) is 0 Å². The molecule has 0 spiro atoms. The van der Waals surface area contributed by atoms with Crippen LogP contribution in [0, 0.1) is 11.8 Å². The highest BCUT2D eigenvalue weighted by atomic mass is 15.2. The lowest BCUT2D eigenvalue weighted by Gasteiger charge is -2.28. The van der Waals surface area contributed by atoms with Crippen LogP contribution in [0.3, 0.4) is 0 Å². The molecule has 2 aliphatic carbocycles. The molecule has 1 unspecified atom stereocenters. The van der Waals surface area contributed by atoms with Crippen molar-refractivity contribution in [2.75, 3.05) is 13.1 Å². The van der Waals surface area contributed by atoms with Crippen molar-refractivity contribution in [3.63, 3.8) is 0 Å². The minimum absolute atomic E-state index is 0.644. The first-order valence-electron chi connectivity index (χ1n) is 7.24. The average Bonchev–Trinajstić information content (AvgIpc) is 3.09. The second-order valence-corrected chi connectivity index (χ2v) is 6.47. The number of hydrogen-bond donors (Lipinski definition) is 1. The minimum atomic E-state index is 0.644. The molecule has 3 rings (SSSR count). The van der Waals surface area contributed by atoms with Crippen molar-refractivity contribution >= 4 is 0 Å². The molecule has 16 heavy (non-hydrogen) atoms. The first kappa shape index (κ1) is 11.0. The Morgan fingerprint density at radius 3 is 2.12 bits per heavy atom. The van der Waals surface area contributed by atoms with Gasteiger partial charge in [0.2, 0.25) is 0 Å². The molecule has 1 N–H and O–H groups in total. The second-order valence-electron chi connectivity index (χ2n) is 6.47. The zero-order valence-corrected chi connectivity index (χ0v) is 10.8. The van der Waals surface area contributed by atoms with Crippen LogP contribution in [-0.2, 0) is 0 Å². The van der Waals surface area contributed by atoms with Gasteiger partial charge < -0.3 is 5.32 Å². The smallest absolute Gasteiger partial charge is 0.0209 e. The van der Waals surface area contributed by atoms with Gasteiger partial charge in [0.05, 0.1) is 0 Å². The zero-order chi connectivity index (χ0) is 11.1. The van der Waals surface area contributed by atoms with Crippen molar-refractivity contribution in [2.24, 2.45) is 11.8 Å². The van der Waals surface area contributed by atoms with Crippen LogP contribution in [0.4, 0.5) is 0 Å². The molecule has 0 bridgehead atoms. The summed E-state index contributed by atoms with van der Waals surface area (Å²) in [4.78, 5) is 2.81. The van der Waals surface area contributed by atoms with Crippen LogP contribution in [0.5, 0.6) is 0 Å². The number of likely N-dealkylation sites (tertiary alicyclic amines) is 1. The van der Waals surface area contributed by atoms with Crippen molar-refractivity contribution < 1.29 is 0 Å². The summed E-state index contributed by atoms with van der Waals surface area (Å²) in [5.41, 5.74) is 0. The summed E-state index contributed by atoms with van der Waals surface area (Å²) < 4.78 is 0. The van der Waals surface area contributed by atoms with Gasteiger partial charge in [0.25, 0.3) is 0 Å². The molecular weight excluding hydrogens is 196 g/mol. The third-order valence-electron chi connectivity index (χ3n) is 4.42. The van der Waals surface area contributed by atoms with Crippen molar-refractivity contribution in [1.29, 1.82) is 0 Å². The summed E-state index contributed by atoms with van der Waals surface area (Å²) in [5.74, 6) is 2.15. The number of nitrogens with one attached hydrogen (secondary N) is 1. The number of hydrogen-bond acceptors (Lipinski definition) is 2. The summed E-state index contributed by atoms with van der Waals surface area (Å²) >= 11 is 0. The van der Waals surface area contributed by atoms with Gasteiger partial charge in [0, 0.05) is 31.2 Å². The molecule has 2 heteroatoms. The van der Waals surface area contributed by atoms with Crippen molar-refractivity contribution in [3.8, 4) is 0 Å². The van der Waals surface area contributed by atoms with Gasteiger partial charge in [-0.2, -0.15) is 0 Å². The van der Waals surface area contributed by atoms with Gasteiger partial charge in [-0.3, -0.25) is 4.90 Å². The maximum Gasteiger partial charge on any atom is 0.0209 e. The Bertz CT molecular complexity index is 231. The lowest BCUT2D eigenvalue weighted by molar-refractivity contribution is 0.189. The number of nitrogens with zero attached hydrogens (tertiary/aromatic N) is 1. The lowest BCUT2D eigenvalue weighted by Crippen LogP contribution is -2.41. The molecular formula is C14H26N2. The molecule has 2 saturated carbocycles. The van der Waals surface area contributed by atoms with Gasteiger partial charge in [0.1, 0.15) is 0 Å². The van der Waals surface area contributed by atoms with Crippen molar-refractivity contribution in [2.45, 2.75) is 64.1 Å². The van der Waals surface area contributed by atoms with Crippen molar-refractivity contribution in [1.82, 2.24) is 10.2 Å². The van der Waals surface area contributed by atoms with Gasteiger partial charge in [0.15, 0.2) is 0 Å². The van der Waals surface area contributed by atoms with Crippen LogP contribution in [-0.4, -0.2) is 36.1 Å². The number of rotatable bonds is 5. The summed E-state index contributed by atoms with van der Waals surface area (Å²) in [6.45, 7) is 7.20. The summed E-state index contributed by atoms with van der Waals surface area (Å²) in [6.07, 6.45) is 7.42. The predicted octanol–water partition coefficient (Wildman–Crippen LogP) is 2.25. The van der Waals surface area contributed by atoms with E-state index in [-0.39, 0.29) is 0 Å². The summed E-state index contributed by atoms with van der Waals surface area (Å²) in [6, 6.07) is 2.38. The van der Waals surface area contributed by atoms with E-state index in [1.165, 1.54) is 45.2 Å². The highest BCUT2D eigenvalue weighted by molar-refractivity contribution is 5.00. The average molecular weight is 222 g/mol. The standard InChI is InChI=1S/C14H26N2/c1-10(2)15-13-7-8-16(9-13)14(11-3-4-11)12-5-6-12/h10-15H,3-9H2,1-2H3. The van der Waals surface area contributed by atoms with E-state index in [1.807, 2.05) is 0 Å². The van der Waals surface area contributed by atoms with E-state index in [2.05, 4.69) is 24.1 Å². The predicted molar refractivity (Wildman–Crippen MR) is 67.5 cm³/mol. The van der Waals surface area contributed by atoms with Gasteiger partial charge in [-0.15, -0.1) is 0 Å². The van der Waals surface area contributed by atoms with Crippen LogP contribution < -0.4 is 5.32 Å². The van der Waals surface area contributed by atoms with Crippen LogP contribution in [0.15, 0.2) is 0 Å². The van der Waals surface area contributed by atoms with E-state index in [9.17, 15) is 0 Å². The van der Waals surface area contributed by atoms with Crippen LogP contribution in [0.25, 0.3) is 0 Å². The lowest BCUT2D eigenvalue weighted by atomic mass is 10.1. The highest BCUT2D eigenvalue weighted by Gasteiger charge is 2.46. The third-order valence-corrected chi connectivity index (χ3v) is 4.42. The van der Waals surface area contributed by atoms with E-state index >= 15 is 0 Å². The van der Waals surface area contributed by atoms with E-state index in [4.69, 9.17) is 0 Å². The normalized spacial score (nSPS) is 31.9. The van der Waals surface area contributed by atoms with Gasteiger partial charge in [-0.25, -0.2) is 0 Å². The van der Waals surface area contributed by atoms with Gasteiger partial charge in [-0.1, -0.05) is 13.8 Å². The summed E-state index contributed by atoms with van der Waals surface area (Å²) in [5, 5.41) is 3.70. The maximum absolute atomic E-state index is 3.70. The van der Waals surface area contributed by atoms with Crippen LogP contribution >= 0.6 is 0 Å². The Balaban J connectivity index is 1.54. The Morgan fingerprint density at radius 2 is 1.62 bits per heavy atom. The molecule has 0 radical (unpaired) electrons. The molecule has 92 valence electrons. The third kappa shape index (κ3) is 2.43. The summed E-state index contributed by atoms with van der Waals surface area (Å²) in [7, 11) is 0. The Kier molecular flexibility index (Phi) is 2.97. The largest absolute Gasteiger partial charge is 0.310 e. The molecule has 0 amide bonds. The first-order chi connectivity index (χ1) is 7.74. The second kappa shape index (κ2) is 4.30. The molecule has 1 atom stereocenters. The highest BCUT2D eigenvalue weighted by Crippen LogP contribution is 2.47. The molecule has 0 aromatic rings. The SMILES string of the molecule is CC(C)NC1CCN(C(C2CC2)C2CC2)C1. The zero-order valence-electron chi connectivity index (χ0n) is 10.8. The molecule has 1 heterocycles. The van der Waals surface area contributed by atoms with Crippen LogP contribution in [0.1, 0.15) is 46.0 Å². The van der Waals surface area contributed by atoms with E-state index in [1.54, 1.807) is 0 Å². The fourth-order valence-electron chi connectivity index (χ4n) is 3.52. The van der Waals surface area contributed by atoms with E-state index < -0.39 is 0 Å². The molecule has 2 nitrogen and oxygen atoms in total. The Morgan fingerprint density at radius 1 is 1.00 bits per heavy atom. The maximum atomic E-state index is 3.70. The van der Waals surface area contributed by atoms with Gasteiger partial charge >= 0.3 is 0 Å². The fourth-order valence-corrected chi connectivity index (χ4v) is 3.52. The molecule has 0 aromatic carbocycles. The first-order valence-corrected chi connectivity index (χ1v) is 7.24.